The smallest absolute Gasteiger partial charge is 0.312 e. The van der Waals surface area contributed by atoms with E-state index in [1.807, 2.05) is 31.2 Å². The maximum atomic E-state index is 12.7. The topological polar surface area (TPSA) is 82.1 Å². The number of ketones is 1. The van der Waals surface area contributed by atoms with Crippen molar-refractivity contribution in [2.45, 2.75) is 26.4 Å². The van der Waals surface area contributed by atoms with Crippen molar-refractivity contribution >= 4 is 23.3 Å². The van der Waals surface area contributed by atoms with Gasteiger partial charge in [-0.25, -0.2) is 0 Å². The summed E-state index contributed by atoms with van der Waals surface area (Å²) in [4.78, 5) is 39.5. The summed E-state index contributed by atoms with van der Waals surface area (Å²) in [5, 5.41) is 0. The van der Waals surface area contributed by atoms with E-state index in [0.717, 1.165) is 5.56 Å². The monoisotopic (exact) mass is 473 g/mol. The lowest BCUT2D eigenvalue weighted by Gasteiger charge is -2.18. The van der Waals surface area contributed by atoms with Crippen LogP contribution in [0.15, 0.2) is 72.8 Å². The lowest BCUT2D eigenvalue weighted by atomic mass is 10.1. The van der Waals surface area contributed by atoms with Crippen LogP contribution in [-0.2, 0) is 14.3 Å². The van der Waals surface area contributed by atoms with Crippen LogP contribution in [0.25, 0.3) is 0 Å². The Kier molecular flexibility index (Phi) is 7.15. The molecule has 0 bridgehead atoms. The molecular formula is C28H27NO6. The number of Topliss-reactive ketones (excluding diaryl/α,β-unsaturated/α-hetero) is 1. The first-order valence-corrected chi connectivity index (χ1v) is 11.4. The third kappa shape index (κ3) is 5.51. The third-order valence-corrected chi connectivity index (χ3v) is 5.90. The third-order valence-electron chi connectivity index (χ3n) is 5.90. The molecule has 0 N–H and O–H groups in total. The molecule has 2 atom stereocenters. The molecule has 35 heavy (non-hydrogen) atoms. The summed E-state index contributed by atoms with van der Waals surface area (Å²) in [6, 6.07) is 21.4. The molecule has 0 aromatic heterocycles. The van der Waals surface area contributed by atoms with Crippen molar-refractivity contribution in [3.8, 4) is 17.2 Å². The van der Waals surface area contributed by atoms with Gasteiger partial charge in [-0.1, -0.05) is 42.0 Å². The maximum Gasteiger partial charge on any atom is 0.312 e. The second kappa shape index (κ2) is 10.4. The zero-order valence-corrected chi connectivity index (χ0v) is 19.9. The van der Waals surface area contributed by atoms with Crippen LogP contribution in [-0.4, -0.2) is 37.4 Å². The van der Waals surface area contributed by atoms with E-state index in [-0.39, 0.29) is 24.7 Å². The minimum absolute atomic E-state index is 0.0315. The van der Waals surface area contributed by atoms with E-state index in [1.54, 1.807) is 67.5 Å². The van der Waals surface area contributed by atoms with Gasteiger partial charge < -0.3 is 19.1 Å². The van der Waals surface area contributed by atoms with E-state index in [2.05, 4.69) is 0 Å². The van der Waals surface area contributed by atoms with E-state index in [0.29, 0.717) is 28.5 Å². The molecule has 0 saturated carbocycles. The molecule has 7 nitrogen and oxygen atoms in total. The van der Waals surface area contributed by atoms with Gasteiger partial charge in [0.25, 0.3) is 0 Å². The molecule has 180 valence electrons. The molecule has 1 aliphatic rings. The molecule has 3 aromatic rings. The first-order chi connectivity index (χ1) is 16.9. The highest BCUT2D eigenvalue weighted by molar-refractivity contribution is 6.02. The molecule has 1 saturated heterocycles. The highest BCUT2D eigenvalue weighted by atomic mass is 16.5. The van der Waals surface area contributed by atoms with Gasteiger partial charge in [-0.3, -0.25) is 14.4 Å². The fraction of sp³-hybridized carbons (Fsp3) is 0.250. The number of carbonyl (C=O) groups is 3. The van der Waals surface area contributed by atoms with Crippen molar-refractivity contribution in [3.05, 3.63) is 83.9 Å². The fourth-order valence-electron chi connectivity index (χ4n) is 3.92. The Hall–Kier alpha value is -4.13. The Morgan fingerprint density at radius 2 is 1.60 bits per heavy atom. The van der Waals surface area contributed by atoms with Crippen LogP contribution in [0, 0.1) is 12.8 Å². The normalized spacial score (nSPS) is 16.0. The molecule has 1 heterocycles. The van der Waals surface area contributed by atoms with E-state index < -0.39 is 18.0 Å². The van der Waals surface area contributed by atoms with Gasteiger partial charge in [0.05, 0.1) is 13.0 Å². The van der Waals surface area contributed by atoms with Gasteiger partial charge >= 0.3 is 5.97 Å². The summed E-state index contributed by atoms with van der Waals surface area (Å²) < 4.78 is 16.6. The number of amides is 1. The van der Waals surface area contributed by atoms with Gasteiger partial charge in [-0.15, -0.1) is 0 Å². The molecule has 1 fully saturated rings. The Bertz CT molecular complexity index is 1220. The number of carbonyl (C=O) groups excluding carboxylic acids is 3. The molecule has 1 aliphatic heterocycles. The minimum atomic E-state index is -0.930. The molecule has 0 spiro atoms. The number of anilines is 1. The zero-order valence-electron chi connectivity index (χ0n) is 19.9. The van der Waals surface area contributed by atoms with Crippen LogP contribution in [0.4, 0.5) is 5.69 Å². The molecular weight excluding hydrogens is 446 g/mol. The number of methoxy groups -OCH3 is 1. The van der Waals surface area contributed by atoms with Crippen molar-refractivity contribution in [1.29, 1.82) is 0 Å². The summed E-state index contributed by atoms with van der Waals surface area (Å²) in [5.74, 6) is 0.141. The number of nitrogens with zero attached hydrogens (tertiary/aromatic N) is 1. The molecule has 0 radical (unpaired) electrons. The summed E-state index contributed by atoms with van der Waals surface area (Å²) in [7, 11) is 1.57. The van der Waals surface area contributed by atoms with Crippen LogP contribution < -0.4 is 14.4 Å². The van der Waals surface area contributed by atoms with Gasteiger partial charge in [0.2, 0.25) is 11.7 Å². The SMILES string of the molecule is COc1ccccc1Oc1ccc(N2C[C@@H](C(=O)O[C@H](C)C(=O)c3ccc(C)cc3)CC2=O)cc1. The Balaban J connectivity index is 1.37. The fourth-order valence-corrected chi connectivity index (χ4v) is 3.92. The van der Waals surface area contributed by atoms with E-state index in [9.17, 15) is 14.4 Å². The van der Waals surface area contributed by atoms with E-state index in [1.165, 1.54) is 0 Å². The number of para-hydroxylation sites is 2. The summed E-state index contributed by atoms with van der Waals surface area (Å²) >= 11 is 0. The van der Waals surface area contributed by atoms with Crippen molar-refractivity contribution < 1.29 is 28.6 Å². The number of benzene rings is 3. The zero-order chi connectivity index (χ0) is 24.9. The molecule has 0 aliphatic carbocycles. The number of hydrogen-bond acceptors (Lipinski definition) is 6. The van der Waals surface area contributed by atoms with E-state index >= 15 is 0 Å². The van der Waals surface area contributed by atoms with E-state index in [4.69, 9.17) is 14.2 Å². The molecule has 3 aromatic carbocycles. The minimum Gasteiger partial charge on any atom is -0.493 e. The van der Waals surface area contributed by atoms with Crippen LogP contribution in [0.2, 0.25) is 0 Å². The van der Waals surface area contributed by atoms with Crippen molar-refractivity contribution in [3.63, 3.8) is 0 Å². The average molecular weight is 474 g/mol. The first kappa shape index (κ1) is 24.0. The molecule has 4 rings (SSSR count). The number of hydrogen-bond donors (Lipinski definition) is 0. The van der Waals surface area contributed by atoms with Gasteiger partial charge in [-0.05, 0) is 50.2 Å². The van der Waals surface area contributed by atoms with Crippen LogP contribution in [0.5, 0.6) is 17.2 Å². The molecule has 1 amide bonds. The summed E-state index contributed by atoms with van der Waals surface area (Å²) in [6.07, 6.45) is -0.898. The molecule has 0 unspecified atom stereocenters. The number of rotatable bonds is 8. The highest BCUT2D eigenvalue weighted by Gasteiger charge is 2.37. The van der Waals surface area contributed by atoms with Gasteiger partial charge in [0.15, 0.2) is 17.6 Å². The Labute approximate surface area is 204 Å². The van der Waals surface area contributed by atoms with Crippen LogP contribution >= 0.6 is 0 Å². The number of esters is 1. The summed E-state index contributed by atoms with van der Waals surface area (Å²) in [5.41, 5.74) is 2.17. The van der Waals surface area contributed by atoms with Crippen molar-refractivity contribution in [1.82, 2.24) is 0 Å². The van der Waals surface area contributed by atoms with Crippen LogP contribution in [0.3, 0.4) is 0 Å². The molecule has 7 heteroatoms. The predicted octanol–water partition coefficient (Wildman–Crippen LogP) is 4.96. The van der Waals surface area contributed by atoms with Crippen molar-refractivity contribution in [2.24, 2.45) is 5.92 Å². The van der Waals surface area contributed by atoms with Crippen molar-refractivity contribution in [2.75, 3.05) is 18.6 Å². The quantitative estimate of drug-likeness (QED) is 0.340. The number of ether oxygens (including phenoxy) is 3. The lowest BCUT2D eigenvalue weighted by Crippen LogP contribution is -2.30. The Morgan fingerprint density at radius 3 is 2.26 bits per heavy atom. The second-order valence-electron chi connectivity index (χ2n) is 8.46. The first-order valence-electron chi connectivity index (χ1n) is 11.4. The maximum absolute atomic E-state index is 12.7. The number of aryl methyl sites for hydroxylation is 1. The summed E-state index contributed by atoms with van der Waals surface area (Å²) in [6.45, 7) is 3.67. The second-order valence-corrected chi connectivity index (χ2v) is 8.46. The Morgan fingerprint density at radius 1 is 0.943 bits per heavy atom. The van der Waals surface area contributed by atoms with Gasteiger partial charge in [0, 0.05) is 24.2 Å². The van der Waals surface area contributed by atoms with Gasteiger partial charge in [-0.2, -0.15) is 0 Å². The lowest BCUT2D eigenvalue weighted by molar-refractivity contribution is -0.151. The highest BCUT2D eigenvalue weighted by Crippen LogP contribution is 2.33. The van der Waals surface area contributed by atoms with Crippen LogP contribution in [0.1, 0.15) is 29.3 Å². The largest absolute Gasteiger partial charge is 0.493 e. The van der Waals surface area contributed by atoms with Gasteiger partial charge in [0.1, 0.15) is 5.75 Å². The predicted molar refractivity (Wildman–Crippen MR) is 131 cm³/mol. The average Bonchev–Trinajstić information content (AvgIpc) is 3.26. The standard InChI is InChI=1S/C28H27NO6/c1-18-8-10-20(11-9-18)27(31)19(2)34-28(32)21-16-26(30)29(17-21)22-12-14-23(15-13-22)35-25-7-5-4-6-24(25)33-3/h4-15,19,21H,16-17H2,1-3H3/t19-,21+/m1/s1.